The maximum Gasteiger partial charge on any atom is 0.268 e. The molecule has 9 heteroatoms. The van der Waals surface area contributed by atoms with Gasteiger partial charge in [0.15, 0.2) is 0 Å². The molecule has 0 amide bonds. The van der Waals surface area contributed by atoms with Crippen LogP contribution < -0.4 is 9.04 Å². The zero-order valence-electron chi connectivity index (χ0n) is 26.6. The van der Waals surface area contributed by atoms with E-state index in [0.717, 1.165) is 45.8 Å². The van der Waals surface area contributed by atoms with Crippen LogP contribution >= 0.6 is 0 Å². The number of hydrogen-bond donors (Lipinski definition) is 0. The summed E-state index contributed by atoms with van der Waals surface area (Å²) in [5, 5.41) is 0. The van der Waals surface area contributed by atoms with Crippen LogP contribution in [0.1, 0.15) is 75.5 Å². The first-order valence-corrected chi connectivity index (χ1v) is 16.9. The molecule has 1 aliphatic heterocycles. The smallest absolute Gasteiger partial charge is 0.268 e. The molecule has 2 atom stereocenters. The van der Waals surface area contributed by atoms with Crippen molar-refractivity contribution in [3.8, 4) is 17.1 Å². The van der Waals surface area contributed by atoms with Crippen LogP contribution in [0.2, 0.25) is 0 Å². The van der Waals surface area contributed by atoms with Crippen molar-refractivity contribution in [1.29, 1.82) is 0 Å². The first-order chi connectivity index (χ1) is 20.8. The largest absolute Gasteiger partial charge is 0.477 e. The molecule has 1 unspecified atom stereocenters. The van der Waals surface area contributed by atoms with Gasteiger partial charge in [0, 0.05) is 37.5 Å². The van der Waals surface area contributed by atoms with Gasteiger partial charge < -0.3 is 9.47 Å². The minimum Gasteiger partial charge on any atom is -0.477 e. The molecule has 0 radical (unpaired) electrons. The highest BCUT2D eigenvalue weighted by atomic mass is 32.2. The van der Waals surface area contributed by atoms with E-state index in [1.165, 1.54) is 7.11 Å². The van der Waals surface area contributed by atoms with Gasteiger partial charge in [-0.05, 0) is 84.6 Å². The maximum absolute atomic E-state index is 14.3. The van der Waals surface area contributed by atoms with E-state index in [9.17, 15) is 13.2 Å². The Labute approximate surface area is 261 Å². The molecule has 1 spiro atoms. The fourth-order valence-corrected chi connectivity index (χ4v) is 9.21. The number of methoxy groups -OCH3 is 1. The highest BCUT2D eigenvalue weighted by Gasteiger charge is 2.55. The van der Waals surface area contributed by atoms with Crippen LogP contribution in [-0.2, 0) is 19.6 Å². The molecule has 2 saturated carbocycles. The molecule has 2 heterocycles. The van der Waals surface area contributed by atoms with E-state index >= 15 is 0 Å². The molecule has 2 aliphatic carbocycles. The summed E-state index contributed by atoms with van der Waals surface area (Å²) >= 11 is 0. The van der Waals surface area contributed by atoms with Crippen molar-refractivity contribution in [3.05, 3.63) is 65.2 Å². The van der Waals surface area contributed by atoms with Gasteiger partial charge in [-0.15, -0.1) is 0 Å². The number of fused-ring (bicyclic) bond motifs is 4. The molecule has 3 aromatic rings. The molecular weight excluding hydrogens is 574 g/mol. The van der Waals surface area contributed by atoms with Crippen molar-refractivity contribution in [2.75, 3.05) is 24.8 Å². The SMILES string of the molecule is COCN1c2nc(cc(-c3c(C)cccc3C)n2)OC[C@@H](CC(C)(C)C)C(C2CC3(CC(=O)C3)C2)c2cccc(c2)S1(=O)=O. The summed E-state index contributed by atoms with van der Waals surface area (Å²) in [4.78, 5) is 21.6. The lowest BCUT2D eigenvalue weighted by molar-refractivity contribution is -0.144. The lowest BCUT2D eigenvalue weighted by Gasteiger charge is -2.56. The van der Waals surface area contributed by atoms with E-state index < -0.39 is 10.0 Å². The zero-order valence-corrected chi connectivity index (χ0v) is 27.4. The summed E-state index contributed by atoms with van der Waals surface area (Å²) < 4.78 is 41.8. The first kappa shape index (κ1) is 30.7. The highest BCUT2D eigenvalue weighted by Crippen LogP contribution is 2.62. The number of aryl methyl sites for hydroxylation is 2. The van der Waals surface area contributed by atoms with Crippen molar-refractivity contribution >= 4 is 21.8 Å². The van der Waals surface area contributed by atoms with Gasteiger partial charge >= 0.3 is 0 Å². The predicted octanol–water partition coefficient (Wildman–Crippen LogP) is 6.85. The number of nitrogens with zero attached hydrogens (tertiary/aromatic N) is 3. The van der Waals surface area contributed by atoms with Crippen LogP contribution in [0, 0.1) is 36.5 Å². The molecule has 2 aromatic carbocycles. The first-order valence-electron chi connectivity index (χ1n) is 15.5. The zero-order chi connectivity index (χ0) is 31.4. The third kappa shape index (κ3) is 5.76. The molecule has 4 bridgehead atoms. The Morgan fingerprint density at radius 3 is 2.34 bits per heavy atom. The van der Waals surface area contributed by atoms with Crippen LogP contribution in [0.4, 0.5) is 5.95 Å². The summed E-state index contributed by atoms with van der Waals surface area (Å²) in [6.07, 6.45) is 4.18. The maximum atomic E-state index is 14.3. The molecule has 6 rings (SSSR count). The molecule has 3 aliphatic rings. The van der Waals surface area contributed by atoms with Crippen molar-refractivity contribution in [2.24, 2.45) is 22.7 Å². The Morgan fingerprint density at radius 1 is 1.02 bits per heavy atom. The van der Waals surface area contributed by atoms with Gasteiger partial charge in [0.25, 0.3) is 10.0 Å². The number of aromatic nitrogens is 2. The monoisotopic (exact) mass is 617 g/mol. The van der Waals surface area contributed by atoms with E-state index in [4.69, 9.17) is 14.5 Å². The van der Waals surface area contributed by atoms with Gasteiger partial charge in [-0.3, -0.25) is 4.79 Å². The lowest BCUT2D eigenvalue weighted by atomic mass is 9.47. The van der Waals surface area contributed by atoms with Crippen molar-refractivity contribution in [3.63, 3.8) is 0 Å². The molecule has 0 N–H and O–H groups in total. The molecule has 234 valence electrons. The minimum atomic E-state index is -4.10. The Kier molecular flexibility index (Phi) is 7.85. The normalized spacial score (nSPS) is 22.8. The van der Waals surface area contributed by atoms with E-state index in [1.807, 2.05) is 50.2 Å². The number of hydrogen-bond acceptors (Lipinski definition) is 7. The number of sulfonamides is 1. The molecular formula is C35H43N3O5S. The lowest BCUT2D eigenvalue weighted by Crippen LogP contribution is -2.50. The number of anilines is 1. The van der Waals surface area contributed by atoms with Crippen LogP contribution in [0.3, 0.4) is 0 Å². The van der Waals surface area contributed by atoms with Gasteiger partial charge in [-0.1, -0.05) is 51.1 Å². The third-order valence-electron chi connectivity index (χ3n) is 9.60. The number of ketones is 1. The molecule has 2 fully saturated rings. The topological polar surface area (TPSA) is 98.7 Å². The number of carbonyl (C=O) groups excluding carboxylic acids is 1. The summed E-state index contributed by atoms with van der Waals surface area (Å²) in [7, 11) is -2.64. The predicted molar refractivity (Wildman–Crippen MR) is 170 cm³/mol. The minimum absolute atomic E-state index is 0.00693. The van der Waals surface area contributed by atoms with Crippen molar-refractivity contribution < 1.29 is 22.7 Å². The van der Waals surface area contributed by atoms with Crippen LogP contribution in [-0.4, -0.2) is 44.6 Å². The second-order valence-electron chi connectivity index (χ2n) is 14.4. The van der Waals surface area contributed by atoms with E-state index in [1.54, 1.807) is 6.07 Å². The number of Topliss-reactive ketones (excluding diaryl/α,β-unsaturated/α-hetero) is 1. The van der Waals surface area contributed by atoms with Gasteiger partial charge in [-0.25, -0.2) is 17.7 Å². The average Bonchev–Trinajstić information content (AvgIpc) is 2.91. The molecule has 44 heavy (non-hydrogen) atoms. The molecule has 8 nitrogen and oxygen atoms in total. The number of benzene rings is 2. The van der Waals surface area contributed by atoms with E-state index in [0.29, 0.717) is 42.7 Å². The highest BCUT2D eigenvalue weighted by molar-refractivity contribution is 7.92. The summed E-state index contributed by atoms with van der Waals surface area (Å²) in [6, 6.07) is 15.2. The number of carbonyl (C=O) groups is 1. The summed E-state index contributed by atoms with van der Waals surface area (Å²) in [6.45, 7) is 10.9. The van der Waals surface area contributed by atoms with Crippen LogP contribution in [0.25, 0.3) is 11.3 Å². The van der Waals surface area contributed by atoms with E-state index in [2.05, 4.69) is 31.8 Å². The fraction of sp³-hybridized carbons (Fsp3) is 0.514. The summed E-state index contributed by atoms with van der Waals surface area (Å²) in [5.41, 5.74) is 4.69. The second kappa shape index (κ2) is 11.2. The van der Waals surface area contributed by atoms with Crippen LogP contribution in [0.15, 0.2) is 53.4 Å². The molecule has 1 aromatic heterocycles. The van der Waals surface area contributed by atoms with Crippen LogP contribution in [0.5, 0.6) is 5.88 Å². The van der Waals surface area contributed by atoms with Gasteiger partial charge in [0.2, 0.25) is 11.8 Å². The Balaban J connectivity index is 1.51. The quantitative estimate of drug-likeness (QED) is 0.309. The molecule has 0 saturated heterocycles. The Bertz CT molecular complexity index is 1660. The summed E-state index contributed by atoms with van der Waals surface area (Å²) in [5.74, 6) is 1.19. The van der Waals surface area contributed by atoms with Gasteiger partial charge in [-0.2, -0.15) is 4.98 Å². The standard InChI is InChI=1S/C35H43N3O5S/c1-22-9-7-10-23(2)31(22)29-14-30-37-33(36-29)38(21-42-6)44(40,41)28-12-8-11-24(13-28)32(26(20-43-30)15-34(3,4)5)25-16-35(17-25)18-27(39)19-35/h7-14,25-26,32H,15-21H2,1-6H3/t26-,32?/m1/s1. The Hall–Kier alpha value is -3.30. The third-order valence-corrected chi connectivity index (χ3v) is 11.3. The number of ether oxygens (including phenoxy) is 2. The Morgan fingerprint density at radius 2 is 1.70 bits per heavy atom. The average molecular weight is 618 g/mol. The van der Waals surface area contributed by atoms with Gasteiger partial charge in [0.05, 0.1) is 17.2 Å². The van der Waals surface area contributed by atoms with Crippen molar-refractivity contribution in [1.82, 2.24) is 9.97 Å². The number of rotatable bonds is 5. The van der Waals surface area contributed by atoms with Crippen molar-refractivity contribution in [2.45, 2.75) is 77.5 Å². The van der Waals surface area contributed by atoms with E-state index in [-0.39, 0.29) is 40.2 Å². The van der Waals surface area contributed by atoms with Gasteiger partial charge in [0.1, 0.15) is 12.5 Å². The fourth-order valence-electron chi connectivity index (χ4n) is 7.88. The second-order valence-corrected chi connectivity index (χ2v) is 16.3.